The van der Waals surface area contributed by atoms with E-state index < -0.39 is 0 Å². The fraction of sp³-hybridized carbons (Fsp3) is 0.438. The second-order valence-electron chi connectivity index (χ2n) is 5.65. The van der Waals surface area contributed by atoms with E-state index in [-0.39, 0.29) is 11.9 Å². The first-order valence-electron chi connectivity index (χ1n) is 7.31. The molecule has 1 aliphatic heterocycles. The van der Waals surface area contributed by atoms with Crippen LogP contribution < -0.4 is 5.73 Å². The first kappa shape index (κ1) is 13.2. The fourth-order valence-electron chi connectivity index (χ4n) is 3.03. The Balaban J connectivity index is 1.81. The van der Waals surface area contributed by atoms with E-state index in [4.69, 9.17) is 5.73 Å². The van der Waals surface area contributed by atoms with Gasteiger partial charge in [-0.25, -0.2) is 0 Å². The molecule has 2 heterocycles. The number of nitrogens with two attached hydrogens (primary N) is 1. The van der Waals surface area contributed by atoms with Crippen LogP contribution in [0.5, 0.6) is 0 Å². The molecule has 0 saturated carbocycles. The summed E-state index contributed by atoms with van der Waals surface area (Å²) in [5, 5.41) is 1.13. The minimum atomic E-state index is 0.117. The van der Waals surface area contributed by atoms with Gasteiger partial charge in [-0.1, -0.05) is 19.4 Å². The molecule has 0 bridgehead atoms. The van der Waals surface area contributed by atoms with Crippen LogP contribution in [-0.2, 0) is 0 Å². The van der Waals surface area contributed by atoms with E-state index in [2.05, 4.69) is 11.9 Å². The third-order valence-electron chi connectivity index (χ3n) is 4.41. The molecule has 4 nitrogen and oxygen atoms in total. The number of H-pyrrole nitrogens is 1. The molecule has 106 valence electrons. The normalized spacial score (nSPS) is 23.2. The lowest BCUT2D eigenvalue weighted by Gasteiger charge is -2.36. The van der Waals surface area contributed by atoms with Gasteiger partial charge in [0.15, 0.2) is 0 Å². The molecule has 2 unspecified atom stereocenters. The zero-order valence-electron chi connectivity index (χ0n) is 11.8. The molecule has 2 atom stereocenters. The number of likely N-dealkylation sites (tertiary alicyclic amines) is 1. The average Bonchev–Trinajstić information content (AvgIpc) is 2.94. The molecule has 0 spiro atoms. The number of nitrogens with zero attached hydrogens (tertiary/aromatic N) is 1. The van der Waals surface area contributed by atoms with Crippen molar-refractivity contribution in [3.8, 4) is 0 Å². The Labute approximate surface area is 118 Å². The first-order valence-corrected chi connectivity index (χ1v) is 7.31. The number of piperidine rings is 1. The second-order valence-corrected chi connectivity index (χ2v) is 5.65. The number of hydrogen-bond donors (Lipinski definition) is 2. The summed E-state index contributed by atoms with van der Waals surface area (Å²) in [6, 6.07) is 8.08. The molecule has 1 amide bonds. The van der Waals surface area contributed by atoms with Crippen molar-refractivity contribution in [2.75, 3.05) is 13.1 Å². The number of nitrogens with one attached hydrogen (secondary N) is 1. The first-order chi connectivity index (χ1) is 9.69. The molecule has 1 aromatic carbocycles. The highest BCUT2D eigenvalue weighted by atomic mass is 16.2. The zero-order chi connectivity index (χ0) is 14.1. The van der Waals surface area contributed by atoms with E-state index in [1.165, 1.54) is 0 Å². The third kappa shape index (κ3) is 2.31. The Hall–Kier alpha value is -1.81. The molecule has 0 radical (unpaired) electrons. The molecule has 2 aromatic rings. The predicted octanol–water partition coefficient (Wildman–Crippen LogP) is 2.37. The Morgan fingerprint density at radius 3 is 3.10 bits per heavy atom. The third-order valence-corrected chi connectivity index (χ3v) is 4.41. The zero-order valence-corrected chi connectivity index (χ0v) is 11.8. The summed E-state index contributed by atoms with van der Waals surface area (Å²) in [5.41, 5.74) is 7.87. The molecule has 4 heteroatoms. The summed E-state index contributed by atoms with van der Waals surface area (Å²) >= 11 is 0. The molecular weight excluding hydrogens is 250 g/mol. The number of rotatable bonds is 2. The Morgan fingerprint density at radius 1 is 1.45 bits per heavy atom. The Bertz CT molecular complexity index is 619. The molecule has 3 N–H and O–H groups in total. The summed E-state index contributed by atoms with van der Waals surface area (Å²) in [6.07, 6.45) is 3.82. The van der Waals surface area contributed by atoms with Gasteiger partial charge in [0.05, 0.1) is 0 Å². The molecule has 0 aliphatic carbocycles. The van der Waals surface area contributed by atoms with Gasteiger partial charge < -0.3 is 15.6 Å². The summed E-state index contributed by atoms with van der Waals surface area (Å²) in [4.78, 5) is 17.7. The minimum Gasteiger partial charge on any atom is -0.361 e. The SMILES string of the molecule is CCC1CN(C(=O)c2ccc3cc[nH]c3c2)CCC1N. The van der Waals surface area contributed by atoms with Crippen LogP contribution in [-0.4, -0.2) is 34.9 Å². The van der Waals surface area contributed by atoms with Crippen LogP contribution in [0.25, 0.3) is 10.9 Å². The van der Waals surface area contributed by atoms with E-state index in [1.807, 2.05) is 35.4 Å². The van der Waals surface area contributed by atoms with E-state index in [0.29, 0.717) is 5.92 Å². The average molecular weight is 271 g/mol. The van der Waals surface area contributed by atoms with Gasteiger partial charge >= 0.3 is 0 Å². The predicted molar refractivity (Wildman–Crippen MR) is 80.6 cm³/mol. The van der Waals surface area contributed by atoms with Crippen LogP contribution >= 0.6 is 0 Å². The Kier molecular flexibility index (Phi) is 3.49. The van der Waals surface area contributed by atoms with Crippen molar-refractivity contribution in [2.45, 2.75) is 25.8 Å². The molecule has 3 rings (SSSR count). The number of aromatic nitrogens is 1. The molecule has 1 aromatic heterocycles. The number of carbonyl (C=O) groups is 1. The van der Waals surface area contributed by atoms with Gasteiger partial charge in [0, 0.05) is 36.4 Å². The van der Waals surface area contributed by atoms with E-state index in [0.717, 1.165) is 42.4 Å². The topological polar surface area (TPSA) is 62.1 Å². The van der Waals surface area contributed by atoms with Gasteiger partial charge in [0.2, 0.25) is 0 Å². The van der Waals surface area contributed by atoms with Gasteiger partial charge in [-0.2, -0.15) is 0 Å². The van der Waals surface area contributed by atoms with Crippen molar-refractivity contribution in [2.24, 2.45) is 11.7 Å². The van der Waals surface area contributed by atoms with Crippen molar-refractivity contribution >= 4 is 16.8 Å². The molecule has 1 fully saturated rings. The molecular formula is C16H21N3O. The molecule has 1 saturated heterocycles. The van der Waals surface area contributed by atoms with Gasteiger partial charge in [-0.05, 0) is 35.9 Å². The standard InChI is InChI=1S/C16H21N3O/c1-2-11-10-19(8-6-14(11)17)16(20)13-4-3-12-5-7-18-15(12)9-13/h3-5,7,9,11,14,18H,2,6,8,10,17H2,1H3. The number of aromatic amines is 1. The van der Waals surface area contributed by atoms with Crippen molar-refractivity contribution in [3.63, 3.8) is 0 Å². The maximum absolute atomic E-state index is 12.6. The maximum Gasteiger partial charge on any atom is 0.253 e. The number of fused-ring (bicyclic) bond motifs is 1. The maximum atomic E-state index is 12.6. The number of carbonyl (C=O) groups excluding carboxylic acids is 1. The lowest BCUT2D eigenvalue weighted by atomic mass is 9.90. The molecule has 20 heavy (non-hydrogen) atoms. The minimum absolute atomic E-state index is 0.117. The summed E-state index contributed by atoms with van der Waals surface area (Å²) in [7, 11) is 0. The second kappa shape index (κ2) is 5.29. The van der Waals surface area contributed by atoms with Crippen molar-refractivity contribution in [1.29, 1.82) is 0 Å². The summed E-state index contributed by atoms with van der Waals surface area (Å²) in [6.45, 7) is 3.68. The van der Waals surface area contributed by atoms with Crippen LogP contribution in [0.4, 0.5) is 0 Å². The smallest absolute Gasteiger partial charge is 0.253 e. The van der Waals surface area contributed by atoms with Gasteiger partial charge in [0.25, 0.3) is 5.91 Å². The van der Waals surface area contributed by atoms with E-state index >= 15 is 0 Å². The van der Waals surface area contributed by atoms with E-state index in [9.17, 15) is 4.79 Å². The lowest BCUT2D eigenvalue weighted by molar-refractivity contribution is 0.0649. The van der Waals surface area contributed by atoms with Crippen LogP contribution in [0, 0.1) is 5.92 Å². The van der Waals surface area contributed by atoms with Crippen molar-refractivity contribution < 1.29 is 4.79 Å². The van der Waals surface area contributed by atoms with Gasteiger partial charge in [-0.3, -0.25) is 4.79 Å². The monoisotopic (exact) mass is 271 g/mol. The highest BCUT2D eigenvalue weighted by Crippen LogP contribution is 2.21. The van der Waals surface area contributed by atoms with E-state index in [1.54, 1.807) is 0 Å². The number of amides is 1. The van der Waals surface area contributed by atoms with Crippen molar-refractivity contribution in [3.05, 3.63) is 36.0 Å². The summed E-state index contributed by atoms with van der Waals surface area (Å²) < 4.78 is 0. The molecule has 1 aliphatic rings. The van der Waals surface area contributed by atoms with Crippen LogP contribution in [0.1, 0.15) is 30.1 Å². The fourth-order valence-corrected chi connectivity index (χ4v) is 3.03. The highest BCUT2D eigenvalue weighted by molar-refractivity contribution is 5.98. The Morgan fingerprint density at radius 2 is 2.30 bits per heavy atom. The number of benzene rings is 1. The van der Waals surface area contributed by atoms with Gasteiger partial charge in [0.1, 0.15) is 0 Å². The van der Waals surface area contributed by atoms with Crippen molar-refractivity contribution in [1.82, 2.24) is 9.88 Å². The van der Waals surface area contributed by atoms with Crippen LogP contribution in [0.15, 0.2) is 30.5 Å². The van der Waals surface area contributed by atoms with Crippen LogP contribution in [0.3, 0.4) is 0 Å². The number of hydrogen-bond acceptors (Lipinski definition) is 2. The highest BCUT2D eigenvalue weighted by Gasteiger charge is 2.28. The summed E-state index contributed by atoms with van der Waals surface area (Å²) in [5.74, 6) is 0.536. The largest absolute Gasteiger partial charge is 0.361 e. The van der Waals surface area contributed by atoms with Crippen LogP contribution in [0.2, 0.25) is 0 Å². The van der Waals surface area contributed by atoms with Gasteiger partial charge in [-0.15, -0.1) is 0 Å². The lowest BCUT2D eigenvalue weighted by Crippen LogP contribution is -2.49. The quantitative estimate of drug-likeness (QED) is 0.881.